The third-order valence-electron chi connectivity index (χ3n) is 2.66. The second kappa shape index (κ2) is 4.09. The first-order valence-electron chi connectivity index (χ1n) is 5.61. The molecule has 0 saturated heterocycles. The molecular formula is C11H14N4O. The van der Waals surface area contributed by atoms with Gasteiger partial charge in [-0.1, -0.05) is 5.16 Å². The molecule has 1 aliphatic rings. The van der Waals surface area contributed by atoms with Crippen molar-refractivity contribution >= 4 is 0 Å². The van der Waals surface area contributed by atoms with Gasteiger partial charge in [0.1, 0.15) is 0 Å². The van der Waals surface area contributed by atoms with Gasteiger partial charge in [0.25, 0.3) is 0 Å². The summed E-state index contributed by atoms with van der Waals surface area (Å²) in [4.78, 5) is 7.37. The van der Waals surface area contributed by atoms with E-state index in [-0.39, 0.29) is 0 Å². The van der Waals surface area contributed by atoms with E-state index in [4.69, 9.17) is 4.52 Å². The summed E-state index contributed by atoms with van der Waals surface area (Å²) in [7, 11) is 0. The Labute approximate surface area is 93.3 Å². The zero-order valence-corrected chi connectivity index (χ0v) is 8.94. The minimum Gasteiger partial charge on any atom is -0.359 e. The van der Waals surface area contributed by atoms with Crippen molar-refractivity contribution in [2.45, 2.75) is 25.3 Å². The van der Waals surface area contributed by atoms with E-state index in [0.29, 0.717) is 11.7 Å². The highest BCUT2D eigenvalue weighted by atomic mass is 16.5. The third-order valence-corrected chi connectivity index (χ3v) is 2.66. The van der Waals surface area contributed by atoms with Gasteiger partial charge in [-0.3, -0.25) is 0 Å². The Hall–Kier alpha value is -1.62. The van der Waals surface area contributed by atoms with Gasteiger partial charge in [-0.2, -0.15) is 4.98 Å². The third kappa shape index (κ3) is 2.14. The van der Waals surface area contributed by atoms with Crippen LogP contribution in [-0.2, 0) is 6.42 Å². The monoisotopic (exact) mass is 218 g/mol. The van der Waals surface area contributed by atoms with Crippen molar-refractivity contribution in [2.24, 2.45) is 0 Å². The molecule has 1 saturated carbocycles. The first-order valence-corrected chi connectivity index (χ1v) is 5.61. The predicted octanol–water partition coefficient (Wildman–Crippen LogP) is 1.36. The molecule has 0 amide bonds. The summed E-state index contributed by atoms with van der Waals surface area (Å²) in [5, 5.41) is 7.34. The minimum atomic E-state index is 0.631. The van der Waals surface area contributed by atoms with E-state index in [0.717, 1.165) is 24.7 Å². The molecular weight excluding hydrogens is 204 g/mol. The smallest absolute Gasteiger partial charge is 0.228 e. The number of rotatable bonds is 5. The average Bonchev–Trinajstić information content (AvgIpc) is 2.83. The fraction of sp³-hybridized carbons (Fsp3) is 0.455. The molecule has 2 aromatic heterocycles. The van der Waals surface area contributed by atoms with Crippen molar-refractivity contribution in [3.63, 3.8) is 0 Å². The molecule has 5 heteroatoms. The second-order valence-electron chi connectivity index (χ2n) is 4.07. The molecule has 2 heterocycles. The van der Waals surface area contributed by atoms with Gasteiger partial charge in [0.2, 0.25) is 11.7 Å². The van der Waals surface area contributed by atoms with Crippen molar-refractivity contribution in [2.75, 3.05) is 6.54 Å². The van der Waals surface area contributed by atoms with E-state index in [9.17, 15) is 0 Å². The van der Waals surface area contributed by atoms with Crippen molar-refractivity contribution < 1.29 is 4.52 Å². The molecule has 5 nitrogen and oxygen atoms in total. The first kappa shape index (κ1) is 9.59. The van der Waals surface area contributed by atoms with Crippen molar-refractivity contribution in [1.82, 2.24) is 20.4 Å². The largest absolute Gasteiger partial charge is 0.359 e. The van der Waals surface area contributed by atoms with Gasteiger partial charge in [0.05, 0.1) is 5.69 Å². The molecule has 84 valence electrons. The van der Waals surface area contributed by atoms with Gasteiger partial charge in [-0.15, -0.1) is 0 Å². The lowest BCUT2D eigenvalue weighted by Gasteiger charge is -1.96. The second-order valence-corrected chi connectivity index (χ2v) is 4.07. The van der Waals surface area contributed by atoms with Crippen LogP contribution in [0.3, 0.4) is 0 Å². The van der Waals surface area contributed by atoms with Crippen molar-refractivity contribution in [3.05, 3.63) is 24.2 Å². The zero-order valence-electron chi connectivity index (χ0n) is 8.94. The van der Waals surface area contributed by atoms with Crippen molar-refractivity contribution in [1.29, 1.82) is 0 Å². The highest BCUT2D eigenvalue weighted by molar-refractivity contribution is 5.47. The van der Waals surface area contributed by atoms with Crippen LogP contribution in [0.15, 0.2) is 22.9 Å². The van der Waals surface area contributed by atoms with Crippen LogP contribution in [0.2, 0.25) is 0 Å². The normalized spacial score (nSPS) is 15.5. The lowest BCUT2D eigenvalue weighted by molar-refractivity contribution is 0.376. The molecule has 0 atom stereocenters. The van der Waals surface area contributed by atoms with Crippen LogP contribution in [0.4, 0.5) is 0 Å². The molecule has 1 aliphatic carbocycles. The molecule has 2 N–H and O–H groups in total. The minimum absolute atomic E-state index is 0.631. The van der Waals surface area contributed by atoms with E-state index in [1.165, 1.54) is 12.8 Å². The average molecular weight is 218 g/mol. The maximum atomic E-state index is 5.17. The molecule has 0 aliphatic heterocycles. The van der Waals surface area contributed by atoms with Gasteiger partial charge in [0.15, 0.2) is 0 Å². The Morgan fingerprint density at radius 3 is 3.19 bits per heavy atom. The lowest BCUT2D eigenvalue weighted by atomic mass is 10.4. The number of aromatic nitrogens is 3. The van der Waals surface area contributed by atoms with Gasteiger partial charge in [-0.05, 0) is 25.0 Å². The SMILES string of the molecule is c1c[nH]c(-c2noc(CCNC3CC3)n2)c1. The number of nitrogens with zero attached hydrogens (tertiary/aromatic N) is 2. The molecule has 0 spiro atoms. The Morgan fingerprint density at radius 1 is 1.50 bits per heavy atom. The highest BCUT2D eigenvalue weighted by Crippen LogP contribution is 2.18. The van der Waals surface area contributed by atoms with E-state index in [1.807, 2.05) is 18.3 Å². The molecule has 0 bridgehead atoms. The number of hydrogen-bond donors (Lipinski definition) is 2. The molecule has 16 heavy (non-hydrogen) atoms. The fourth-order valence-electron chi connectivity index (χ4n) is 1.61. The van der Waals surface area contributed by atoms with Gasteiger partial charge < -0.3 is 14.8 Å². The van der Waals surface area contributed by atoms with Gasteiger partial charge in [0, 0.05) is 25.2 Å². The van der Waals surface area contributed by atoms with Crippen molar-refractivity contribution in [3.8, 4) is 11.5 Å². The highest BCUT2D eigenvalue weighted by Gasteiger charge is 2.20. The standard InChI is InChI=1S/C11H14N4O/c1-2-9(13-6-1)11-14-10(16-15-11)5-7-12-8-3-4-8/h1-2,6,8,12-13H,3-5,7H2. The summed E-state index contributed by atoms with van der Waals surface area (Å²) in [6, 6.07) is 4.57. The fourth-order valence-corrected chi connectivity index (χ4v) is 1.61. The van der Waals surface area contributed by atoms with E-state index < -0.39 is 0 Å². The maximum Gasteiger partial charge on any atom is 0.228 e. The van der Waals surface area contributed by atoms with Crippen LogP contribution in [0.25, 0.3) is 11.5 Å². The van der Waals surface area contributed by atoms with Crippen LogP contribution in [-0.4, -0.2) is 27.7 Å². The molecule has 0 unspecified atom stereocenters. The Kier molecular flexibility index (Phi) is 2.46. The van der Waals surface area contributed by atoms with Crippen LogP contribution in [0.1, 0.15) is 18.7 Å². The van der Waals surface area contributed by atoms with Crippen LogP contribution >= 0.6 is 0 Å². The summed E-state index contributed by atoms with van der Waals surface area (Å²) in [6.45, 7) is 0.914. The summed E-state index contributed by atoms with van der Waals surface area (Å²) >= 11 is 0. The van der Waals surface area contributed by atoms with Gasteiger partial charge in [-0.25, -0.2) is 0 Å². The molecule has 0 radical (unpaired) electrons. The van der Waals surface area contributed by atoms with Crippen LogP contribution in [0.5, 0.6) is 0 Å². The maximum absolute atomic E-state index is 5.17. The predicted molar refractivity (Wildman–Crippen MR) is 58.8 cm³/mol. The Balaban J connectivity index is 1.59. The molecule has 3 rings (SSSR count). The molecule has 0 aromatic carbocycles. The van der Waals surface area contributed by atoms with E-state index in [2.05, 4.69) is 20.4 Å². The quantitative estimate of drug-likeness (QED) is 0.795. The number of aromatic amines is 1. The van der Waals surface area contributed by atoms with Crippen LogP contribution < -0.4 is 5.32 Å². The molecule has 2 aromatic rings. The Morgan fingerprint density at radius 2 is 2.44 bits per heavy atom. The first-order chi connectivity index (χ1) is 7.92. The summed E-state index contributed by atoms with van der Waals surface area (Å²) in [6.07, 6.45) is 5.25. The van der Waals surface area contributed by atoms with Gasteiger partial charge >= 0.3 is 0 Å². The Bertz CT molecular complexity index is 444. The van der Waals surface area contributed by atoms with Crippen LogP contribution in [0, 0.1) is 0 Å². The lowest BCUT2D eigenvalue weighted by Crippen LogP contribution is -2.19. The number of H-pyrrole nitrogens is 1. The number of nitrogens with one attached hydrogen (secondary N) is 2. The topological polar surface area (TPSA) is 66.7 Å². The van der Waals surface area contributed by atoms with E-state index >= 15 is 0 Å². The van der Waals surface area contributed by atoms with E-state index in [1.54, 1.807) is 0 Å². The number of hydrogen-bond acceptors (Lipinski definition) is 4. The zero-order chi connectivity index (χ0) is 10.8. The summed E-state index contributed by atoms with van der Waals surface area (Å²) in [5.74, 6) is 1.32. The summed E-state index contributed by atoms with van der Waals surface area (Å²) in [5.41, 5.74) is 0.894. The summed E-state index contributed by atoms with van der Waals surface area (Å²) < 4.78 is 5.17. The molecule has 1 fully saturated rings.